The maximum atomic E-state index is 14.0. The van der Waals surface area contributed by atoms with Crippen LogP contribution in [0.1, 0.15) is 82.6 Å². The Morgan fingerprint density at radius 3 is 2.14 bits per heavy atom. The number of aliphatic hydroxyl groups excluding tert-OH is 1. The average molecular weight is 1330 g/mol. The fraction of sp³-hybridized carbons (Fsp3) is 0.412. The number of carboxylic acid groups (broad SMARTS) is 1. The first-order valence-corrected chi connectivity index (χ1v) is 33.3. The molecule has 5 heterocycles. The van der Waals surface area contributed by atoms with Gasteiger partial charge in [0.2, 0.25) is 17.7 Å². The standard InChI is InChI=1S/C68H78N8O14S3/c1-45-60(91-44-70-45)49-20-16-47(17-21-49)41-69-63(80)55-40-50(77)42-76(55)64(81)61(68(2,3)4)72-58(78)25-29-85-31-33-87-35-37-89-39-38-88-36-34-86-32-30-84-27-8-10-46-18-22-51(23-19-46)90-28-9-15-57-59(65(82)83)73-67(93-57)75-26-24-48-11-7-12-52(53(48)43-75)62(79)74-66-71-54-13-5-6-14-56(54)92-66/h5-7,11-14,16-24,43-44,50,55,61,77H,9,15,25-42H2,1-4H3,(H,69,80)(H,72,78)(H,82,83)(H,71,74,79)/t50-,55+,61-/m1/s1. The third-order valence-corrected chi connectivity index (χ3v) is 18.0. The second kappa shape index (κ2) is 34.8. The summed E-state index contributed by atoms with van der Waals surface area (Å²) in [7, 11) is 0. The van der Waals surface area contributed by atoms with Gasteiger partial charge in [0.15, 0.2) is 16.0 Å². The van der Waals surface area contributed by atoms with Gasteiger partial charge in [-0.25, -0.2) is 19.7 Å². The van der Waals surface area contributed by atoms with Gasteiger partial charge in [-0.3, -0.25) is 24.5 Å². The maximum Gasteiger partial charge on any atom is 0.355 e. The molecule has 3 atom stereocenters. The van der Waals surface area contributed by atoms with E-state index in [-0.39, 0.29) is 69.2 Å². The number of aryl methyl sites for hydroxylation is 2. The lowest BCUT2D eigenvalue weighted by molar-refractivity contribution is -0.144. The number of ether oxygens (including phenoxy) is 7. The van der Waals surface area contributed by atoms with Crippen LogP contribution in [0, 0.1) is 24.2 Å². The smallest absolute Gasteiger partial charge is 0.355 e. The van der Waals surface area contributed by atoms with Crippen LogP contribution in [0.25, 0.3) is 32.9 Å². The monoisotopic (exact) mass is 1330 g/mol. The van der Waals surface area contributed by atoms with E-state index < -0.39 is 35.5 Å². The molecule has 0 bridgehead atoms. The van der Waals surface area contributed by atoms with Crippen molar-refractivity contribution in [2.75, 3.05) is 109 Å². The van der Waals surface area contributed by atoms with Crippen LogP contribution in [0.15, 0.2) is 96.5 Å². The van der Waals surface area contributed by atoms with Crippen molar-refractivity contribution < 1.29 is 67.3 Å². The minimum absolute atomic E-state index is 0.00573. The Hall–Kier alpha value is -8.00. The fourth-order valence-corrected chi connectivity index (χ4v) is 12.9. The summed E-state index contributed by atoms with van der Waals surface area (Å²) in [6, 6.07) is 26.7. The largest absolute Gasteiger partial charge is 0.494 e. The number of carboxylic acids is 1. The second-order valence-corrected chi connectivity index (χ2v) is 25.8. The molecule has 22 nitrogen and oxygen atoms in total. The zero-order valence-corrected chi connectivity index (χ0v) is 55.0. The van der Waals surface area contributed by atoms with E-state index in [4.69, 9.17) is 33.2 Å². The number of thiazole rings is 3. The number of amides is 4. The number of β-amino-alcohol motifs (C(OH)–C–C–N with tert-alkyl or cyclic N) is 1. The number of carbonyl (C=O) groups is 5. The Bertz CT molecular complexity index is 3810. The molecule has 7 aromatic rings. The molecule has 2 aliphatic rings. The number of nitrogens with zero attached hydrogens (tertiary/aromatic N) is 5. The van der Waals surface area contributed by atoms with E-state index in [2.05, 4.69) is 42.7 Å². The topological polar surface area (TPSA) is 272 Å². The van der Waals surface area contributed by atoms with Crippen LogP contribution in [0.2, 0.25) is 0 Å². The molecular weight excluding hydrogens is 1250 g/mol. The van der Waals surface area contributed by atoms with Gasteiger partial charge in [-0.15, -0.1) is 22.7 Å². The van der Waals surface area contributed by atoms with E-state index in [9.17, 15) is 34.2 Å². The van der Waals surface area contributed by atoms with Crippen LogP contribution in [-0.4, -0.2) is 177 Å². The van der Waals surface area contributed by atoms with E-state index >= 15 is 0 Å². The molecule has 4 aromatic carbocycles. The Kier molecular flexibility index (Phi) is 25.9. The third-order valence-electron chi connectivity index (χ3n) is 14.9. The van der Waals surface area contributed by atoms with Gasteiger partial charge in [0.1, 0.15) is 24.4 Å². The van der Waals surface area contributed by atoms with Crippen molar-refractivity contribution in [2.24, 2.45) is 5.41 Å². The lowest BCUT2D eigenvalue weighted by Crippen LogP contribution is -2.57. The number of nitrogens with one attached hydrogen (secondary N) is 3. The Morgan fingerprint density at radius 1 is 0.785 bits per heavy atom. The Labute approximate surface area is 551 Å². The summed E-state index contributed by atoms with van der Waals surface area (Å²) in [5.74, 6) is 4.19. The molecule has 3 aromatic heterocycles. The highest BCUT2D eigenvalue weighted by Crippen LogP contribution is 2.31. The van der Waals surface area contributed by atoms with Gasteiger partial charge in [0.25, 0.3) is 5.91 Å². The fourth-order valence-electron chi connectivity index (χ4n) is 10.1. The van der Waals surface area contributed by atoms with Gasteiger partial charge in [-0.05, 0) is 84.0 Å². The van der Waals surface area contributed by atoms with Gasteiger partial charge in [-0.2, -0.15) is 0 Å². The lowest BCUT2D eigenvalue weighted by atomic mass is 9.85. The zero-order valence-electron chi connectivity index (χ0n) is 52.5. The SMILES string of the molecule is Cc1ncsc1-c1ccc(CNC(=O)[C@@H]2C[C@@H](O)CN2C(=O)[C@@H](NC(=O)CCOCCOCCOCCOCCOCCOCC#Cc2ccc(OCCCc3sc(N4C=c5c(C(=O)Nc6nc7ccccc7s6)cccc5=CC4)nc3C(=O)O)cc2)C(C)(C)C)cc1. The molecule has 25 heteroatoms. The van der Waals surface area contributed by atoms with Gasteiger partial charge in [0, 0.05) is 59.9 Å². The first kappa shape index (κ1) is 69.3. The summed E-state index contributed by atoms with van der Waals surface area (Å²) in [4.78, 5) is 84.6. The lowest BCUT2D eigenvalue weighted by Gasteiger charge is -2.35. The van der Waals surface area contributed by atoms with Crippen LogP contribution in [0.3, 0.4) is 0 Å². The first-order chi connectivity index (χ1) is 45.1. The van der Waals surface area contributed by atoms with Crippen LogP contribution in [0.5, 0.6) is 5.75 Å². The molecule has 1 fully saturated rings. The van der Waals surface area contributed by atoms with Gasteiger partial charge in [-0.1, -0.05) is 98.6 Å². The molecule has 93 heavy (non-hydrogen) atoms. The normalized spacial score (nSPS) is 14.8. The van der Waals surface area contributed by atoms with E-state index in [1.165, 1.54) is 27.6 Å². The molecule has 5 N–H and O–H groups in total. The number of hydrogen-bond donors (Lipinski definition) is 5. The number of likely N-dealkylation sites (tertiary alicyclic amines) is 1. The van der Waals surface area contributed by atoms with E-state index in [1.807, 2.05) is 135 Å². The van der Waals surface area contributed by atoms with Crippen molar-refractivity contribution in [3.8, 4) is 28.0 Å². The summed E-state index contributed by atoms with van der Waals surface area (Å²) >= 11 is 4.29. The van der Waals surface area contributed by atoms with E-state index in [0.717, 1.165) is 42.7 Å². The summed E-state index contributed by atoms with van der Waals surface area (Å²) in [5.41, 5.74) is 6.12. The van der Waals surface area contributed by atoms with Crippen molar-refractivity contribution >= 4 is 96.4 Å². The Morgan fingerprint density at radius 2 is 1.47 bits per heavy atom. The molecule has 0 unspecified atom stereocenters. The van der Waals surface area contributed by atoms with E-state index in [0.29, 0.717) is 117 Å². The molecule has 0 radical (unpaired) electrons. The quantitative estimate of drug-likeness (QED) is 0.0204. The van der Waals surface area contributed by atoms with Gasteiger partial charge >= 0.3 is 5.97 Å². The zero-order chi connectivity index (χ0) is 65.5. The van der Waals surface area contributed by atoms with Crippen LogP contribution < -0.4 is 36.0 Å². The molecule has 492 valence electrons. The molecule has 0 spiro atoms. The van der Waals surface area contributed by atoms with Crippen molar-refractivity contribution in [1.29, 1.82) is 0 Å². The number of rotatable bonds is 34. The average Bonchev–Trinajstić information content (AvgIpc) is 1.81. The summed E-state index contributed by atoms with van der Waals surface area (Å²) in [5, 5.41) is 32.0. The number of benzene rings is 4. The number of aromatic nitrogens is 3. The first-order valence-electron chi connectivity index (χ1n) is 30.8. The second-order valence-electron chi connectivity index (χ2n) is 22.9. The number of aliphatic hydroxyl groups is 1. The molecule has 2 aliphatic heterocycles. The number of hydrogen-bond acceptors (Lipinski definition) is 20. The van der Waals surface area contributed by atoms with Crippen LogP contribution in [-0.2, 0) is 55.8 Å². The predicted molar refractivity (Wildman–Crippen MR) is 357 cm³/mol. The predicted octanol–water partition coefficient (Wildman–Crippen LogP) is 6.84. The van der Waals surface area contributed by atoms with Gasteiger partial charge in [0.05, 0.1) is 112 Å². The molecule has 4 amide bonds. The van der Waals surface area contributed by atoms with Crippen molar-refractivity contribution in [1.82, 2.24) is 30.5 Å². The molecule has 0 saturated carbocycles. The van der Waals surface area contributed by atoms with Crippen LogP contribution >= 0.6 is 34.0 Å². The minimum atomic E-state index is -1.10. The highest BCUT2D eigenvalue weighted by atomic mass is 32.1. The van der Waals surface area contributed by atoms with Gasteiger partial charge < -0.3 is 63.8 Å². The Balaban J connectivity index is 0.559. The molecule has 0 aliphatic carbocycles. The molecule has 1 saturated heterocycles. The third kappa shape index (κ3) is 20.5. The minimum Gasteiger partial charge on any atom is -0.494 e. The number of aromatic carboxylic acids is 1. The summed E-state index contributed by atoms with van der Waals surface area (Å²) in [6.07, 6.45) is 4.12. The van der Waals surface area contributed by atoms with Crippen molar-refractivity contribution in [3.63, 3.8) is 0 Å². The van der Waals surface area contributed by atoms with Crippen molar-refractivity contribution in [2.45, 2.75) is 78.1 Å². The number of para-hydroxylation sites is 1. The number of fused-ring (bicyclic) bond motifs is 2. The highest BCUT2D eigenvalue weighted by molar-refractivity contribution is 7.22. The van der Waals surface area contributed by atoms with Crippen molar-refractivity contribution in [3.05, 3.63) is 140 Å². The molecule has 9 rings (SSSR count). The maximum absolute atomic E-state index is 14.0. The molecular formula is C68H78N8O14S3. The summed E-state index contributed by atoms with van der Waals surface area (Å²) in [6.45, 7) is 12.6. The van der Waals surface area contributed by atoms with Crippen LogP contribution in [0.4, 0.5) is 10.3 Å². The number of anilines is 2. The highest BCUT2D eigenvalue weighted by Gasteiger charge is 2.44. The summed E-state index contributed by atoms with van der Waals surface area (Å²) < 4.78 is 40.5. The number of carbonyl (C=O) groups excluding carboxylic acids is 4. The van der Waals surface area contributed by atoms with E-state index in [1.54, 1.807) is 17.4 Å².